The maximum absolute atomic E-state index is 11.7. The van der Waals surface area contributed by atoms with Gasteiger partial charge in [0.15, 0.2) is 0 Å². The molecule has 1 aliphatic heterocycles. The zero-order valence-electron chi connectivity index (χ0n) is 20.7. The van der Waals surface area contributed by atoms with Crippen molar-refractivity contribution in [2.24, 2.45) is 17.0 Å². The van der Waals surface area contributed by atoms with E-state index >= 15 is 0 Å². The first-order valence-electron chi connectivity index (χ1n) is 11.9. The number of hydrogen-bond acceptors (Lipinski definition) is 9. The number of nitrogens with zero attached hydrogens (tertiary/aromatic N) is 5. The minimum absolute atomic E-state index is 0.0173. The first-order valence-corrected chi connectivity index (χ1v) is 11.9. The summed E-state index contributed by atoms with van der Waals surface area (Å²) in [5.41, 5.74) is 0. The molecule has 1 rings (SSSR count). The van der Waals surface area contributed by atoms with Crippen LogP contribution >= 0.6 is 0 Å². The molecule has 1 saturated heterocycles. The van der Waals surface area contributed by atoms with Crippen molar-refractivity contribution < 1.29 is 34.5 Å². The van der Waals surface area contributed by atoms with E-state index in [1.54, 1.807) is 19.6 Å². The van der Waals surface area contributed by atoms with Gasteiger partial charge in [-0.25, -0.2) is 0 Å². The standard InChI is InChI=1S/C22H39N5O8/c1-17(2)10-18-11-26(15-21(31)32)8-6-24(13-19(28)23-35)4-3-5-25(14-20(29)30)7-9-27(12-18)16-22(33)34/h17-18H,3-16H2,1-2H3,(H,29,30)(H,31,32)(H,33,34). The van der Waals surface area contributed by atoms with Crippen molar-refractivity contribution in [3.8, 4) is 0 Å². The first-order chi connectivity index (χ1) is 16.5. The quantitative estimate of drug-likeness (QED) is 0.337. The molecule has 1 unspecified atom stereocenters. The molecule has 35 heavy (non-hydrogen) atoms. The number of aliphatic carboxylic acids is 3. The van der Waals surface area contributed by atoms with Crippen LogP contribution in [-0.4, -0.2) is 137 Å². The molecule has 200 valence electrons. The van der Waals surface area contributed by atoms with Gasteiger partial charge in [0.05, 0.1) is 26.2 Å². The van der Waals surface area contributed by atoms with Crippen molar-refractivity contribution in [3.05, 3.63) is 4.91 Å². The van der Waals surface area contributed by atoms with Crippen molar-refractivity contribution >= 4 is 23.8 Å². The minimum Gasteiger partial charge on any atom is -0.480 e. The minimum atomic E-state index is -0.991. The zero-order valence-corrected chi connectivity index (χ0v) is 20.7. The fraction of sp³-hybridized carbons (Fsp3) is 0.818. The van der Waals surface area contributed by atoms with Gasteiger partial charge in [-0.15, -0.1) is 4.91 Å². The summed E-state index contributed by atoms with van der Waals surface area (Å²) in [6, 6.07) is 0. The highest BCUT2D eigenvalue weighted by Crippen LogP contribution is 2.16. The Kier molecular flexibility index (Phi) is 14.2. The van der Waals surface area contributed by atoms with Crippen LogP contribution in [0.15, 0.2) is 5.18 Å². The molecular formula is C22H39N5O8. The molecule has 1 heterocycles. The molecule has 0 spiro atoms. The Morgan fingerprint density at radius 1 is 0.714 bits per heavy atom. The Balaban J connectivity index is 3.18. The molecule has 1 amide bonds. The largest absolute Gasteiger partial charge is 0.480 e. The van der Waals surface area contributed by atoms with Gasteiger partial charge in [0.2, 0.25) is 0 Å². The van der Waals surface area contributed by atoms with Gasteiger partial charge in [0.25, 0.3) is 5.91 Å². The van der Waals surface area contributed by atoms with E-state index in [1.807, 2.05) is 13.8 Å². The van der Waals surface area contributed by atoms with Crippen molar-refractivity contribution in [1.29, 1.82) is 0 Å². The van der Waals surface area contributed by atoms with E-state index in [0.29, 0.717) is 64.7 Å². The van der Waals surface area contributed by atoms with E-state index in [4.69, 9.17) is 0 Å². The highest BCUT2D eigenvalue weighted by atomic mass is 16.4. The van der Waals surface area contributed by atoms with Crippen molar-refractivity contribution in [1.82, 2.24) is 19.6 Å². The topological polar surface area (TPSA) is 171 Å². The monoisotopic (exact) mass is 501 g/mol. The van der Waals surface area contributed by atoms with Crippen LogP contribution in [0, 0.1) is 16.7 Å². The lowest BCUT2D eigenvalue weighted by atomic mass is 9.95. The SMILES string of the molecule is CC(C)CC1CN(CC(=O)O)CCN(CC(=O)O)CCCN(CC(=O)N=O)CCN(CC(=O)O)C1. The number of carbonyl (C=O) groups excluding carboxylic acids is 1. The molecule has 0 saturated carbocycles. The molecular weight excluding hydrogens is 462 g/mol. The van der Waals surface area contributed by atoms with Gasteiger partial charge >= 0.3 is 17.9 Å². The third-order valence-corrected chi connectivity index (χ3v) is 5.79. The summed E-state index contributed by atoms with van der Waals surface area (Å²) in [5, 5.41) is 30.6. The first kappa shape index (κ1) is 30.6. The van der Waals surface area contributed by atoms with Crippen LogP contribution < -0.4 is 0 Å². The molecule has 0 bridgehead atoms. The van der Waals surface area contributed by atoms with Gasteiger partial charge in [-0.05, 0) is 31.2 Å². The zero-order chi connectivity index (χ0) is 26.4. The molecule has 1 fully saturated rings. The third kappa shape index (κ3) is 14.5. The van der Waals surface area contributed by atoms with E-state index in [2.05, 4.69) is 5.18 Å². The van der Waals surface area contributed by atoms with E-state index in [9.17, 15) is 39.4 Å². The van der Waals surface area contributed by atoms with Crippen molar-refractivity contribution in [2.45, 2.75) is 26.7 Å². The average Bonchev–Trinajstić information content (AvgIpc) is 2.72. The van der Waals surface area contributed by atoms with E-state index < -0.39 is 23.8 Å². The molecule has 0 radical (unpaired) electrons. The maximum Gasteiger partial charge on any atom is 0.317 e. The van der Waals surface area contributed by atoms with Gasteiger partial charge in [0, 0.05) is 51.0 Å². The van der Waals surface area contributed by atoms with Crippen molar-refractivity contribution in [2.75, 3.05) is 78.5 Å². The molecule has 13 heteroatoms. The van der Waals surface area contributed by atoms with E-state index in [0.717, 1.165) is 6.42 Å². The molecule has 13 nitrogen and oxygen atoms in total. The second-order valence-electron chi connectivity index (χ2n) is 9.54. The van der Waals surface area contributed by atoms with Crippen LogP contribution in [0.1, 0.15) is 26.7 Å². The summed E-state index contributed by atoms with van der Waals surface area (Å²) in [6.07, 6.45) is 1.26. The predicted octanol–water partition coefficient (Wildman–Crippen LogP) is -0.193. The second-order valence-corrected chi connectivity index (χ2v) is 9.54. The lowest BCUT2D eigenvalue weighted by molar-refractivity contribution is -0.140. The summed E-state index contributed by atoms with van der Waals surface area (Å²) in [6.45, 7) is 6.33. The number of hydrogen-bond donors (Lipinski definition) is 3. The molecule has 0 aromatic rings. The van der Waals surface area contributed by atoms with Gasteiger partial charge in [-0.2, -0.15) is 0 Å². The number of carboxylic acid groups (broad SMARTS) is 3. The number of rotatable bonds is 10. The van der Waals surface area contributed by atoms with Gasteiger partial charge < -0.3 is 15.3 Å². The van der Waals surface area contributed by atoms with Crippen LogP contribution in [0.25, 0.3) is 0 Å². The molecule has 0 aromatic heterocycles. The fourth-order valence-corrected chi connectivity index (χ4v) is 4.49. The molecule has 1 aliphatic rings. The van der Waals surface area contributed by atoms with E-state index in [1.165, 1.54) is 0 Å². The molecule has 3 N–H and O–H groups in total. The van der Waals surface area contributed by atoms with Crippen LogP contribution in [0.4, 0.5) is 0 Å². The Labute approximate surface area is 205 Å². The highest BCUT2D eigenvalue weighted by molar-refractivity contribution is 5.78. The Bertz CT molecular complexity index is 720. The summed E-state index contributed by atoms with van der Waals surface area (Å²) in [5.74, 6) is -3.50. The van der Waals surface area contributed by atoms with Gasteiger partial charge in [-0.3, -0.25) is 38.8 Å². The van der Waals surface area contributed by atoms with Gasteiger partial charge in [-0.1, -0.05) is 13.8 Å². The number of carbonyl (C=O) groups is 4. The third-order valence-electron chi connectivity index (χ3n) is 5.79. The molecule has 0 aromatic carbocycles. The highest BCUT2D eigenvalue weighted by Gasteiger charge is 2.24. The lowest BCUT2D eigenvalue weighted by Crippen LogP contribution is -2.47. The Morgan fingerprint density at radius 2 is 1.11 bits per heavy atom. The van der Waals surface area contributed by atoms with Crippen molar-refractivity contribution in [3.63, 3.8) is 0 Å². The predicted molar refractivity (Wildman–Crippen MR) is 127 cm³/mol. The second kappa shape index (κ2) is 16.2. The van der Waals surface area contributed by atoms with Crippen LogP contribution in [0.3, 0.4) is 0 Å². The number of nitroso groups, excluding NO2 is 1. The van der Waals surface area contributed by atoms with Crippen LogP contribution in [0.2, 0.25) is 0 Å². The smallest absolute Gasteiger partial charge is 0.317 e. The van der Waals surface area contributed by atoms with E-state index in [-0.39, 0.29) is 32.1 Å². The lowest BCUT2D eigenvalue weighted by Gasteiger charge is -2.34. The van der Waals surface area contributed by atoms with Crippen LogP contribution in [0.5, 0.6) is 0 Å². The normalized spacial score (nSPS) is 20.8. The van der Waals surface area contributed by atoms with Gasteiger partial charge in [0.1, 0.15) is 0 Å². The Morgan fingerprint density at radius 3 is 1.51 bits per heavy atom. The fourth-order valence-electron chi connectivity index (χ4n) is 4.49. The Hall–Kier alpha value is -2.48. The maximum atomic E-state index is 11.7. The summed E-state index contributed by atoms with van der Waals surface area (Å²) < 4.78 is 0. The molecule has 0 aliphatic carbocycles. The summed E-state index contributed by atoms with van der Waals surface area (Å²) in [4.78, 5) is 63.7. The molecule has 1 atom stereocenters. The van der Waals surface area contributed by atoms with Crippen LogP contribution in [-0.2, 0) is 19.2 Å². The number of carboxylic acids is 3. The summed E-state index contributed by atoms with van der Waals surface area (Å²) >= 11 is 0. The number of amides is 1. The summed E-state index contributed by atoms with van der Waals surface area (Å²) in [7, 11) is 0. The average molecular weight is 502 g/mol.